The van der Waals surface area contributed by atoms with E-state index in [0.29, 0.717) is 5.57 Å². The minimum Gasteiger partial charge on any atom is -0.459 e. The molecule has 0 radical (unpaired) electrons. The molecule has 1 N–H and O–H groups in total. The quantitative estimate of drug-likeness (QED) is 0.680. The first kappa shape index (κ1) is 9.96. The van der Waals surface area contributed by atoms with Crippen LogP contribution in [0.25, 0.3) is 0 Å². The zero-order chi connectivity index (χ0) is 10.8. The number of nitrogens with zero attached hydrogens (tertiary/aromatic N) is 1. The maximum Gasteiger partial charge on any atom is 0.338 e. The minimum atomic E-state index is -0.270. The topological polar surface area (TPSA) is 50.7 Å². The van der Waals surface area contributed by atoms with Crippen LogP contribution < -0.4 is 5.32 Å². The van der Waals surface area contributed by atoms with Crippen LogP contribution in [0.2, 0.25) is 0 Å². The maximum atomic E-state index is 11.6. The van der Waals surface area contributed by atoms with Crippen molar-refractivity contribution in [1.82, 2.24) is 5.32 Å². The van der Waals surface area contributed by atoms with Gasteiger partial charge in [0, 0.05) is 0 Å². The fraction of sp³-hybridized carbons (Fsp3) is 0.455. The van der Waals surface area contributed by atoms with E-state index in [4.69, 9.17) is 4.74 Å². The van der Waals surface area contributed by atoms with Crippen LogP contribution in [0.4, 0.5) is 0 Å². The van der Waals surface area contributed by atoms with Gasteiger partial charge in [-0.2, -0.15) is 0 Å². The first-order chi connectivity index (χ1) is 7.16. The third-order valence-corrected chi connectivity index (χ3v) is 2.29. The van der Waals surface area contributed by atoms with Crippen LogP contribution in [-0.2, 0) is 9.53 Å². The highest BCUT2D eigenvalue weighted by molar-refractivity contribution is 5.92. The van der Waals surface area contributed by atoms with Crippen molar-refractivity contribution >= 4 is 12.3 Å². The monoisotopic (exact) mass is 206 g/mol. The molecule has 0 fully saturated rings. The second kappa shape index (κ2) is 3.88. The molecule has 0 amide bonds. The molecule has 0 aromatic carbocycles. The summed E-state index contributed by atoms with van der Waals surface area (Å²) in [6.07, 6.45) is 7.14. The lowest BCUT2D eigenvalue weighted by molar-refractivity contribution is -0.142. The summed E-state index contributed by atoms with van der Waals surface area (Å²) in [6, 6.07) is 0.227. The van der Waals surface area contributed by atoms with Gasteiger partial charge in [0.2, 0.25) is 0 Å². The third kappa shape index (κ3) is 2.09. The molecule has 1 aliphatic carbocycles. The average Bonchev–Trinajstić information content (AvgIpc) is 2.62. The smallest absolute Gasteiger partial charge is 0.338 e. The molecule has 0 saturated heterocycles. The summed E-state index contributed by atoms with van der Waals surface area (Å²) in [5.41, 5.74) is 0.600. The summed E-state index contributed by atoms with van der Waals surface area (Å²) < 4.78 is 5.11. The molecule has 1 heterocycles. The largest absolute Gasteiger partial charge is 0.459 e. The number of nitrogens with one attached hydrogen (secondary N) is 1. The molecule has 2 aliphatic rings. The zero-order valence-corrected chi connectivity index (χ0v) is 8.81. The van der Waals surface area contributed by atoms with Gasteiger partial charge in [0.05, 0.1) is 30.1 Å². The van der Waals surface area contributed by atoms with Crippen molar-refractivity contribution < 1.29 is 9.53 Å². The molecule has 80 valence electrons. The Bertz CT molecular complexity index is 356. The van der Waals surface area contributed by atoms with Crippen LogP contribution in [0, 0.1) is 0 Å². The molecule has 2 unspecified atom stereocenters. The van der Waals surface area contributed by atoms with Gasteiger partial charge in [0.1, 0.15) is 0 Å². The van der Waals surface area contributed by atoms with Crippen molar-refractivity contribution in [1.29, 1.82) is 0 Å². The summed E-state index contributed by atoms with van der Waals surface area (Å²) in [5, 5.41) is 3.07. The van der Waals surface area contributed by atoms with E-state index < -0.39 is 0 Å². The number of aliphatic imine (C=N–C) groups is 1. The number of carbonyl (C=O) groups excluding carboxylic acids is 1. The SMILES string of the molecule is CC(C)OC(=O)C1=CC2NC=NC2C=C1. The standard InChI is InChI=1S/C11H14N2O2/c1-7(2)15-11(14)8-3-4-9-10(5-8)13-6-12-9/h3-7,9-10H,1-2H3,(H,12,13). The van der Waals surface area contributed by atoms with Crippen molar-refractivity contribution in [3.8, 4) is 0 Å². The van der Waals surface area contributed by atoms with Crippen molar-refractivity contribution in [2.24, 2.45) is 4.99 Å². The fourth-order valence-corrected chi connectivity index (χ4v) is 1.59. The number of hydrogen-bond acceptors (Lipinski definition) is 4. The van der Waals surface area contributed by atoms with E-state index in [2.05, 4.69) is 10.3 Å². The number of carbonyl (C=O) groups is 1. The minimum absolute atomic E-state index is 0.0858. The number of rotatable bonds is 2. The molecule has 2 atom stereocenters. The van der Waals surface area contributed by atoms with Gasteiger partial charge in [0.15, 0.2) is 0 Å². The Morgan fingerprint density at radius 3 is 3.13 bits per heavy atom. The van der Waals surface area contributed by atoms with Crippen LogP contribution >= 0.6 is 0 Å². The molecule has 0 spiro atoms. The van der Waals surface area contributed by atoms with Crippen molar-refractivity contribution in [3.05, 3.63) is 23.8 Å². The first-order valence-electron chi connectivity index (χ1n) is 5.05. The molecule has 4 heteroatoms. The van der Waals surface area contributed by atoms with Gasteiger partial charge in [-0.1, -0.05) is 6.08 Å². The molecular weight excluding hydrogens is 192 g/mol. The van der Waals surface area contributed by atoms with Crippen LogP contribution in [0.3, 0.4) is 0 Å². The number of ether oxygens (including phenoxy) is 1. The summed E-state index contributed by atoms with van der Waals surface area (Å²) in [7, 11) is 0. The van der Waals surface area contributed by atoms with Crippen LogP contribution in [-0.4, -0.2) is 30.5 Å². The maximum absolute atomic E-state index is 11.6. The van der Waals surface area contributed by atoms with Gasteiger partial charge < -0.3 is 10.1 Å². The lowest BCUT2D eigenvalue weighted by atomic mass is 9.99. The normalized spacial score (nSPS) is 27.3. The zero-order valence-electron chi connectivity index (χ0n) is 8.81. The molecule has 0 saturated carbocycles. The van der Waals surface area contributed by atoms with E-state index in [9.17, 15) is 4.79 Å². The van der Waals surface area contributed by atoms with Crippen molar-refractivity contribution in [2.45, 2.75) is 32.0 Å². The number of esters is 1. The summed E-state index contributed by atoms with van der Waals surface area (Å²) >= 11 is 0. The van der Waals surface area contributed by atoms with E-state index >= 15 is 0 Å². The van der Waals surface area contributed by atoms with E-state index in [1.54, 1.807) is 12.4 Å². The molecular formula is C11H14N2O2. The number of fused-ring (bicyclic) bond motifs is 1. The Morgan fingerprint density at radius 2 is 2.40 bits per heavy atom. The van der Waals surface area contributed by atoms with Gasteiger partial charge in [0.25, 0.3) is 0 Å². The van der Waals surface area contributed by atoms with Crippen LogP contribution in [0.5, 0.6) is 0 Å². The Morgan fingerprint density at radius 1 is 1.60 bits per heavy atom. The predicted molar refractivity (Wildman–Crippen MR) is 57.7 cm³/mol. The average molecular weight is 206 g/mol. The van der Waals surface area contributed by atoms with Gasteiger partial charge in [-0.05, 0) is 26.0 Å². The summed E-state index contributed by atoms with van der Waals surface area (Å²) in [6.45, 7) is 3.68. The molecule has 0 bridgehead atoms. The lowest BCUT2D eigenvalue weighted by Crippen LogP contribution is -2.31. The Kier molecular flexibility index (Phi) is 2.58. The van der Waals surface area contributed by atoms with Crippen molar-refractivity contribution in [3.63, 3.8) is 0 Å². The molecule has 4 nitrogen and oxygen atoms in total. The van der Waals surface area contributed by atoms with Gasteiger partial charge in [-0.3, -0.25) is 4.99 Å². The highest BCUT2D eigenvalue weighted by Crippen LogP contribution is 2.17. The molecule has 0 aromatic rings. The second-order valence-electron chi connectivity index (χ2n) is 3.90. The fourth-order valence-electron chi connectivity index (χ4n) is 1.59. The molecule has 15 heavy (non-hydrogen) atoms. The molecule has 1 aliphatic heterocycles. The highest BCUT2D eigenvalue weighted by atomic mass is 16.5. The second-order valence-corrected chi connectivity index (χ2v) is 3.90. The van der Waals surface area contributed by atoms with E-state index in [-0.39, 0.29) is 24.2 Å². The predicted octanol–water partition coefficient (Wildman–Crippen LogP) is 0.803. The number of hydrogen-bond donors (Lipinski definition) is 1. The van der Waals surface area contributed by atoms with Crippen LogP contribution in [0.1, 0.15) is 13.8 Å². The van der Waals surface area contributed by atoms with E-state index in [1.165, 1.54) is 0 Å². The summed E-state index contributed by atoms with van der Waals surface area (Å²) in [4.78, 5) is 15.8. The Hall–Kier alpha value is -1.58. The highest BCUT2D eigenvalue weighted by Gasteiger charge is 2.25. The summed E-state index contributed by atoms with van der Waals surface area (Å²) in [5.74, 6) is -0.270. The van der Waals surface area contributed by atoms with E-state index in [1.807, 2.05) is 26.0 Å². The Labute approximate surface area is 88.7 Å². The van der Waals surface area contributed by atoms with Gasteiger partial charge >= 0.3 is 5.97 Å². The third-order valence-electron chi connectivity index (χ3n) is 2.29. The van der Waals surface area contributed by atoms with E-state index in [0.717, 1.165) is 0 Å². The lowest BCUT2D eigenvalue weighted by Gasteiger charge is -2.17. The molecule has 2 rings (SSSR count). The van der Waals surface area contributed by atoms with Gasteiger partial charge in [-0.15, -0.1) is 0 Å². The van der Waals surface area contributed by atoms with Crippen molar-refractivity contribution in [2.75, 3.05) is 0 Å². The van der Waals surface area contributed by atoms with Gasteiger partial charge in [-0.25, -0.2) is 4.79 Å². The Balaban J connectivity index is 2.06. The van der Waals surface area contributed by atoms with Crippen LogP contribution in [0.15, 0.2) is 28.8 Å². The first-order valence-corrected chi connectivity index (χ1v) is 5.05. The molecule has 0 aromatic heterocycles.